The van der Waals surface area contributed by atoms with Gasteiger partial charge in [-0.3, -0.25) is 4.79 Å². The predicted octanol–water partition coefficient (Wildman–Crippen LogP) is 3.39. The smallest absolute Gasteiger partial charge is 0.251 e. The van der Waals surface area contributed by atoms with Crippen LogP contribution in [0, 0.1) is 0 Å². The second kappa shape index (κ2) is 8.18. The largest absolute Gasteiger partial charge is 0.497 e. The summed E-state index contributed by atoms with van der Waals surface area (Å²) in [6.45, 7) is 1.39. The van der Waals surface area contributed by atoms with E-state index in [1.54, 1.807) is 19.2 Å². The molecule has 7 heteroatoms. The Labute approximate surface area is 168 Å². The number of amides is 1. The van der Waals surface area contributed by atoms with Crippen LogP contribution < -0.4 is 15.8 Å². The molecule has 1 amide bonds. The summed E-state index contributed by atoms with van der Waals surface area (Å²) in [7, 11) is 1.59. The van der Waals surface area contributed by atoms with Crippen LogP contribution in [0.1, 0.15) is 23.2 Å². The van der Waals surface area contributed by atoms with Crippen LogP contribution in [-0.4, -0.2) is 34.1 Å². The molecule has 2 aromatic carbocycles. The molecule has 0 saturated heterocycles. The molecule has 0 aliphatic rings. The molecule has 4 aromatic rings. The minimum atomic E-state index is -0.0955. The van der Waals surface area contributed by atoms with E-state index in [9.17, 15) is 4.79 Å². The number of aromatic nitrogens is 3. The van der Waals surface area contributed by atoms with Crippen molar-refractivity contribution in [3.8, 4) is 5.75 Å². The number of rotatable bonds is 7. The molecule has 7 nitrogen and oxygen atoms in total. The van der Waals surface area contributed by atoms with Crippen LogP contribution >= 0.6 is 0 Å². The number of pyridine rings is 1. The molecule has 0 saturated carbocycles. The van der Waals surface area contributed by atoms with Crippen LogP contribution in [0.3, 0.4) is 0 Å². The maximum atomic E-state index is 12.3. The number of benzene rings is 2. The van der Waals surface area contributed by atoms with Gasteiger partial charge in [0, 0.05) is 24.0 Å². The first-order valence-corrected chi connectivity index (χ1v) is 9.58. The van der Waals surface area contributed by atoms with Gasteiger partial charge in [-0.2, -0.15) is 0 Å². The van der Waals surface area contributed by atoms with Crippen molar-refractivity contribution >= 4 is 33.7 Å². The van der Waals surface area contributed by atoms with E-state index in [2.05, 4.69) is 19.9 Å². The summed E-state index contributed by atoms with van der Waals surface area (Å²) in [5, 5.41) is 4.00. The van der Waals surface area contributed by atoms with Gasteiger partial charge < -0.3 is 20.4 Å². The van der Waals surface area contributed by atoms with Gasteiger partial charge in [0.05, 0.1) is 24.5 Å². The Balaban J connectivity index is 1.38. The van der Waals surface area contributed by atoms with E-state index in [0.717, 1.165) is 41.3 Å². The van der Waals surface area contributed by atoms with E-state index in [-0.39, 0.29) is 5.91 Å². The number of unbranched alkanes of at least 4 members (excludes halogenated alkanes) is 1. The summed E-state index contributed by atoms with van der Waals surface area (Å²) in [5.74, 6) is 1.02. The monoisotopic (exact) mass is 389 g/mol. The highest BCUT2D eigenvalue weighted by Crippen LogP contribution is 2.27. The number of methoxy groups -OCH3 is 1. The van der Waals surface area contributed by atoms with E-state index in [1.165, 1.54) is 0 Å². The van der Waals surface area contributed by atoms with Gasteiger partial charge in [-0.25, -0.2) is 9.97 Å². The summed E-state index contributed by atoms with van der Waals surface area (Å²) in [5.41, 5.74) is 9.28. The number of imidazole rings is 1. The molecule has 0 aliphatic heterocycles. The molecule has 3 N–H and O–H groups in total. The maximum absolute atomic E-state index is 12.3. The van der Waals surface area contributed by atoms with Crippen LogP contribution in [0.2, 0.25) is 0 Å². The number of fused-ring (bicyclic) bond motifs is 3. The number of nitrogens with two attached hydrogens (primary N) is 1. The van der Waals surface area contributed by atoms with Crippen molar-refractivity contribution in [2.45, 2.75) is 19.4 Å². The van der Waals surface area contributed by atoms with E-state index >= 15 is 0 Å². The number of nitrogens with zero attached hydrogens (tertiary/aromatic N) is 3. The highest BCUT2D eigenvalue weighted by Gasteiger charge is 2.12. The summed E-state index contributed by atoms with van der Waals surface area (Å²) < 4.78 is 7.27. The molecule has 0 atom stereocenters. The average molecular weight is 389 g/mol. The van der Waals surface area contributed by atoms with Crippen molar-refractivity contribution in [3.63, 3.8) is 0 Å². The third-order valence-corrected chi connectivity index (χ3v) is 4.92. The second-order valence-corrected chi connectivity index (χ2v) is 6.84. The minimum absolute atomic E-state index is 0.0955. The zero-order valence-corrected chi connectivity index (χ0v) is 16.3. The molecule has 0 spiro atoms. The molecular weight excluding hydrogens is 366 g/mol. The van der Waals surface area contributed by atoms with Gasteiger partial charge in [0.25, 0.3) is 5.91 Å². The molecule has 0 fully saturated rings. The fourth-order valence-electron chi connectivity index (χ4n) is 3.45. The number of hydrogen-bond acceptors (Lipinski definition) is 5. The van der Waals surface area contributed by atoms with Crippen molar-refractivity contribution in [2.75, 3.05) is 19.4 Å². The third-order valence-electron chi connectivity index (χ3n) is 4.92. The third kappa shape index (κ3) is 3.85. The van der Waals surface area contributed by atoms with Crippen LogP contribution in [0.25, 0.3) is 21.9 Å². The van der Waals surface area contributed by atoms with E-state index < -0.39 is 0 Å². The minimum Gasteiger partial charge on any atom is -0.497 e. The lowest BCUT2D eigenvalue weighted by molar-refractivity contribution is 0.0952. The van der Waals surface area contributed by atoms with E-state index in [4.69, 9.17) is 10.5 Å². The second-order valence-electron chi connectivity index (χ2n) is 6.84. The van der Waals surface area contributed by atoms with Crippen molar-refractivity contribution in [1.82, 2.24) is 19.9 Å². The lowest BCUT2D eigenvalue weighted by Crippen LogP contribution is -2.24. The van der Waals surface area contributed by atoms with Gasteiger partial charge in [0.1, 0.15) is 11.3 Å². The highest BCUT2D eigenvalue weighted by molar-refractivity contribution is 6.06. The number of ether oxygens (including phenoxy) is 1. The standard InChI is InChI=1S/C22H23N5O2/c1-29-16-8-6-7-15(13-16)22(28)24-11-4-5-12-27-14-25-19-20(27)17-9-2-3-10-18(17)26-21(19)23/h2-3,6-10,13-14H,4-5,11-12H2,1H3,(H2,23,26)(H,24,28). The van der Waals surface area contributed by atoms with Gasteiger partial charge in [0.15, 0.2) is 5.82 Å². The number of nitrogen functional groups attached to an aromatic ring is 1. The first kappa shape index (κ1) is 18.7. The molecule has 29 heavy (non-hydrogen) atoms. The van der Waals surface area contributed by atoms with Crippen LogP contribution in [0.15, 0.2) is 54.9 Å². The zero-order chi connectivity index (χ0) is 20.2. The summed E-state index contributed by atoms with van der Waals surface area (Å²) >= 11 is 0. The van der Waals surface area contributed by atoms with E-state index in [0.29, 0.717) is 23.7 Å². The van der Waals surface area contributed by atoms with Crippen LogP contribution in [0.4, 0.5) is 5.82 Å². The molecular formula is C22H23N5O2. The topological polar surface area (TPSA) is 95.1 Å². The molecule has 0 unspecified atom stereocenters. The fraction of sp³-hybridized carbons (Fsp3) is 0.227. The van der Waals surface area contributed by atoms with Gasteiger partial charge in [0.2, 0.25) is 0 Å². The lowest BCUT2D eigenvalue weighted by Gasteiger charge is -2.09. The number of anilines is 1. The predicted molar refractivity (Wildman–Crippen MR) is 114 cm³/mol. The highest BCUT2D eigenvalue weighted by atomic mass is 16.5. The Kier molecular flexibility index (Phi) is 5.29. The molecule has 0 radical (unpaired) electrons. The number of nitrogens with one attached hydrogen (secondary N) is 1. The number of para-hydroxylation sites is 1. The number of carbonyl (C=O) groups excluding carboxylic acids is 1. The Morgan fingerprint density at radius 3 is 2.90 bits per heavy atom. The van der Waals surface area contributed by atoms with Crippen molar-refractivity contribution in [3.05, 3.63) is 60.4 Å². The van der Waals surface area contributed by atoms with Gasteiger partial charge in [-0.05, 0) is 37.1 Å². The Morgan fingerprint density at radius 2 is 2.03 bits per heavy atom. The number of aryl methyl sites for hydroxylation is 1. The molecule has 4 rings (SSSR count). The fourth-order valence-corrected chi connectivity index (χ4v) is 3.45. The molecule has 0 aliphatic carbocycles. The Bertz CT molecular complexity index is 1170. The quantitative estimate of drug-likeness (QED) is 0.473. The molecule has 2 aromatic heterocycles. The summed E-state index contributed by atoms with van der Waals surface area (Å²) in [4.78, 5) is 21.1. The van der Waals surface area contributed by atoms with Crippen molar-refractivity contribution in [1.29, 1.82) is 0 Å². The number of hydrogen-bond donors (Lipinski definition) is 2. The lowest BCUT2D eigenvalue weighted by atomic mass is 10.2. The van der Waals surface area contributed by atoms with Crippen molar-refractivity contribution < 1.29 is 9.53 Å². The molecule has 0 bridgehead atoms. The SMILES string of the molecule is COc1cccc(C(=O)NCCCCn2cnc3c(N)nc4ccccc4c32)c1. The van der Waals surface area contributed by atoms with Gasteiger partial charge >= 0.3 is 0 Å². The van der Waals surface area contributed by atoms with Crippen molar-refractivity contribution in [2.24, 2.45) is 0 Å². The Morgan fingerprint density at radius 1 is 1.17 bits per heavy atom. The first-order chi connectivity index (χ1) is 14.2. The maximum Gasteiger partial charge on any atom is 0.251 e. The van der Waals surface area contributed by atoms with Crippen LogP contribution in [0.5, 0.6) is 5.75 Å². The molecule has 148 valence electrons. The first-order valence-electron chi connectivity index (χ1n) is 9.58. The Hall–Kier alpha value is -3.61. The van der Waals surface area contributed by atoms with E-state index in [1.807, 2.05) is 42.7 Å². The normalized spacial score (nSPS) is 11.1. The van der Waals surface area contributed by atoms with Gasteiger partial charge in [-0.1, -0.05) is 24.3 Å². The zero-order valence-electron chi connectivity index (χ0n) is 16.3. The summed E-state index contributed by atoms with van der Waals surface area (Å²) in [6, 6.07) is 15.1. The van der Waals surface area contributed by atoms with Gasteiger partial charge in [-0.15, -0.1) is 0 Å². The average Bonchev–Trinajstić information content (AvgIpc) is 3.18. The molecule has 2 heterocycles. The summed E-state index contributed by atoms with van der Waals surface area (Å²) in [6.07, 6.45) is 3.57. The number of carbonyl (C=O) groups is 1. The van der Waals surface area contributed by atoms with Crippen LogP contribution in [-0.2, 0) is 6.54 Å².